The minimum absolute atomic E-state index is 0.0374. The molecule has 1 fully saturated rings. The third-order valence-corrected chi connectivity index (χ3v) is 6.95. The summed E-state index contributed by atoms with van der Waals surface area (Å²) < 4.78 is 6.31. The highest BCUT2D eigenvalue weighted by atomic mass is 79.9. The molecule has 0 amide bonds. The molecule has 5 nitrogen and oxygen atoms in total. The first-order chi connectivity index (χ1) is 16.5. The summed E-state index contributed by atoms with van der Waals surface area (Å²) in [6.45, 7) is 4.33. The van der Waals surface area contributed by atoms with Crippen molar-refractivity contribution in [1.82, 2.24) is 5.48 Å². The van der Waals surface area contributed by atoms with E-state index < -0.39 is 5.41 Å². The van der Waals surface area contributed by atoms with E-state index in [1.165, 1.54) is 0 Å². The lowest BCUT2D eigenvalue weighted by molar-refractivity contribution is -0.146. The number of anilines is 1. The van der Waals surface area contributed by atoms with E-state index in [2.05, 4.69) is 82.2 Å². The van der Waals surface area contributed by atoms with Gasteiger partial charge in [0.2, 0.25) is 0 Å². The molecule has 0 bridgehead atoms. The lowest BCUT2D eigenvalue weighted by atomic mass is 9.93. The van der Waals surface area contributed by atoms with Crippen LogP contribution in [0.3, 0.4) is 0 Å². The molecule has 1 heterocycles. The van der Waals surface area contributed by atoms with Crippen LogP contribution in [-0.2, 0) is 19.8 Å². The minimum Gasteiger partial charge on any atom is -0.465 e. The SMILES string of the molecule is CCOC(=O)C1(c2ccc(-c3ccc(C4=C(Nc5cccc(Br)c5)C(C)NO4)cc3)cc2)CC1. The Labute approximate surface area is 208 Å². The van der Waals surface area contributed by atoms with Crippen molar-refractivity contribution >= 4 is 33.3 Å². The van der Waals surface area contributed by atoms with Crippen LogP contribution in [0.5, 0.6) is 0 Å². The summed E-state index contributed by atoms with van der Waals surface area (Å²) in [4.78, 5) is 18.2. The summed E-state index contributed by atoms with van der Waals surface area (Å²) in [5.41, 5.74) is 8.85. The first kappa shape index (κ1) is 22.7. The maximum Gasteiger partial charge on any atom is 0.316 e. The fraction of sp³-hybridized carbons (Fsp3) is 0.250. The summed E-state index contributed by atoms with van der Waals surface area (Å²) >= 11 is 3.52. The van der Waals surface area contributed by atoms with Gasteiger partial charge in [-0.1, -0.05) is 70.5 Å². The Morgan fingerprint density at radius 3 is 2.32 bits per heavy atom. The lowest BCUT2D eigenvalue weighted by Crippen LogP contribution is -2.23. The molecule has 2 N–H and O–H groups in total. The summed E-state index contributed by atoms with van der Waals surface area (Å²) in [6.07, 6.45) is 1.72. The molecule has 1 unspecified atom stereocenters. The van der Waals surface area contributed by atoms with E-state index in [0.29, 0.717) is 6.61 Å². The van der Waals surface area contributed by atoms with Crippen LogP contribution in [0, 0.1) is 0 Å². The second-order valence-electron chi connectivity index (χ2n) is 8.78. The summed E-state index contributed by atoms with van der Waals surface area (Å²) in [5, 5.41) is 3.49. The smallest absolute Gasteiger partial charge is 0.316 e. The molecule has 0 saturated heterocycles. The Morgan fingerprint density at radius 2 is 1.71 bits per heavy atom. The van der Waals surface area contributed by atoms with Gasteiger partial charge in [-0.2, -0.15) is 0 Å². The predicted molar refractivity (Wildman–Crippen MR) is 138 cm³/mol. The van der Waals surface area contributed by atoms with E-state index in [1.54, 1.807) is 0 Å². The third-order valence-electron chi connectivity index (χ3n) is 6.45. The van der Waals surface area contributed by atoms with Gasteiger partial charge in [-0.3, -0.25) is 4.79 Å². The third kappa shape index (κ3) is 4.36. The number of benzene rings is 3. The number of nitrogens with one attached hydrogen (secondary N) is 2. The highest BCUT2D eigenvalue weighted by molar-refractivity contribution is 9.10. The van der Waals surface area contributed by atoms with Crippen LogP contribution >= 0.6 is 15.9 Å². The molecule has 1 aliphatic carbocycles. The van der Waals surface area contributed by atoms with Crippen LogP contribution < -0.4 is 10.8 Å². The zero-order valence-electron chi connectivity index (χ0n) is 19.2. The highest BCUT2D eigenvalue weighted by Crippen LogP contribution is 2.49. The van der Waals surface area contributed by atoms with Gasteiger partial charge in [0.25, 0.3) is 0 Å². The van der Waals surface area contributed by atoms with Crippen molar-refractivity contribution in [2.45, 2.75) is 38.1 Å². The van der Waals surface area contributed by atoms with Crippen molar-refractivity contribution in [1.29, 1.82) is 0 Å². The minimum atomic E-state index is -0.438. The molecule has 34 heavy (non-hydrogen) atoms. The van der Waals surface area contributed by atoms with Gasteiger partial charge >= 0.3 is 5.97 Å². The Hall–Kier alpha value is -3.09. The van der Waals surface area contributed by atoms with Crippen LogP contribution in [-0.4, -0.2) is 18.6 Å². The van der Waals surface area contributed by atoms with Crippen molar-refractivity contribution in [2.24, 2.45) is 0 Å². The number of hydrogen-bond acceptors (Lipinski definition) is 5. The van der Waals surface area contributed by atoms with Gasteiger partial charge < -0.3 is 14.9 Å². The van der Waals surface area contributed by atoms with E-state index in [4.69, 9.17) is 9.57 Å². The molecule has 3 aromatic rings. The van der Waals surface area contributed by atoms with Gasteiger partial charge in [-0.15, -0.1) is 5.48 Å². The quantitative estimate of drug-likeness (QED) is 0.353. The van der Waals surface area contributed by atoms with E-state index in [1.807, 2.05) is 31.2 Å². The number of rotatable bonds is 7. The lowest BCUT2D eigenvalue weighted by Gasteiger charge is -2.15. The summed E-state index contributed by atoms with van der Waals surface area (Å²) in [5.74, 6) is 0.687. The van der Waals surface area contributed by atoms with Crippen molar-refractivity contribution in [3.05, 3.63) is 94.1 Å². The summed E-state index contributed by atoms with van der Waals surface area (Å²) in [7, 11) is 0. The maximum absolute atomic E-state index is 12.4. The number of carbonyl (C=O) groups excluding carboxylic acids is 1. The first-order valence-corrected chi connectivity index (χ1v) is 12.4. The Balaban J connectivity index is 1.36. The molecule has 2 aliphatic rings. The zero-order chi connectivity index (χ0) is 23.7. The average molecular weight is 519 g/mol. The van der Waals surface area contributed by atoms with E-state index in [9.17, 15) is 4.79 Å². The molecule has 1 saturated carbocycles. The fourth-order valence-corrected chi connectivity index (χ4v) is 4.76. The van der Waals surface area contributed by atoms with Crippen LogP contribution in [0.15, 0.2) is 83.0 Å². The molecule has 3 aromatic carbocycles. The van der Waals surface area contributed by atoms with Crippen LogP contribution in [0.1, 0.15) is 37.8 Å². The second kappa shape index (κ2) is 9.28. The Bertz CT molecular complexity index is 1230. The monoisotopic (exact) mass is 518 g/mol. The molecule has 1 aliphatic heterocycles. The number of hydrogen-bond donors (Lipinski definition) is 2. The normalized spacial score (nSPS) is 18.4. The molecular weight excluding hydrogens is 492 g/mol. The van der Waals surface area contributed by atoms with Crippen LogP contribution in [0.2, 0.25) is 0 Å². The standard InChI is InChI=1S/C28H27BrN2O3/c1-3-33-27(32)28(15-16-28)22-13-11-20(12-14-22)19-7-9-21(10-8-19)26-25(18(2)31-34-26)30-24-6-4-5-23(29)17-24/h4-14,17-18,30-31H,3,15-16H2,1-2H3. The van der Waals surface area contributed by atoms with Crippen LogP contribution in [0.25, 0.3) is 16.9 Å². The largest absolute Gasteiger partial charge is 0.465 e. The van der Waals surface area contributed by atoms with Gasteiger partial charge in [0.15, 0.2) is 5.76 Å². The van der Waals surface area contributed by atoms with Crippen molar-refractivity contribution in [3.8, 4) is 11.1 Å². The van der Waals surface area contributed by atoms with Crippen LogP contribution in [0.4, 0.5) is 5.69 Å². The van der Waals surface area contributed by atoms with Gasteiger partial charge in [0, 0.05) is 15.7 Å². The molecule has 0 radical (unpaired) electrons. The molecule has 0 aromatic heterocycles. The molecule has 6 heteroatoms. The Morgan fingerprint density at radius 1 is 1.06 bits per heavy atom. The number of halogens is 1. The predicted octanol–water partition coefficient (Wildman–Crippen LogP) is 6.41. The van der Waals surface area contributed by atoms with Crippen molar-refractivity contribution in [2.75, 3.05) is 11.9 Å². The van der Waals surface area contributed by atoms with Crippen molar-refractivity contribution in [3.63, 3.8) is 0 Å². The summed E-state index contributed by atoms with van der Waals surface area (Å²) in [6, 6.07) is 24.7. The average Bonchev–Trinajstić information content (AvgIpc) is 3.59. The number of hydroxylamine groups is 1. The van der Waals surface area contributed by atoms with Crippen molar-refractivity contribution < 1.29 is 14.4 Å². The Kier molecular flexibility index (Phi) is 6.19. The van der Waals surface area contributed by atoms with E-state index in [-0.39, 0.29) is 12.0 Å². The number of esters is 1. The van der Waals surface area contributed by atoms with Gasteiger partial charge in [0.1, 0.15) is 0 Å². The number of ether oxygens (including phenoxy) is 1. The van der Waals surface area contributed by atoms with E-state index >= 15 is 0 Å². The number of carbonyl (C=O) groups is 1. The first-order valence-electron chi connectivity index (χ1n) is 11.6. The highest BCUT2D eigenvalue weighted by Gasteiger charge is 2.52. The van der Waals surface area contributed by atoms with Gasteiger partial charge in [-0.05, 0) is 61.6 Å². The molecular formula is C28H27BrN2O3. The maximum atomic E-state index is 12.4. The molecule has 1 atom stereocenters. The van der Waals surface area contributed by atoms with E-state index in [0.717, 1.165) is 56.7 Å². The second-order valence-corrected chi connectivity index (χ2v) is 9.69. The molecule has 0 spiro atoms. The molecule has 174 valence electrons. The molecule has 5 rings (SSSR count). The topological polar surface area (TPSA) is 59.6 Å². The van der Waals surface area contributed by atoms with Gasteiger partial charge in [0.05, 0.1) is 23.8 Å². The zero-order valence-corrected chi connectivity index (χ0v) is 20.8. The van der Waals surface area contributed by atoms with Gasteiger partial charge in [-0.25, -0.2) is 0 Å². The fourth-order valence-electron chi connectivity index (χ4n) is 4.36.